The molecule has 1 aromatic rings. The molecule has 3 fully saturated rings. The van der Waals surface area contributed by atoms with Crippen molar-refractivity contribution in [3.05, 3.63) is 18.3 Å². The molecule has 0 N–H and O–H groups in total. The molecule has 1 saturated carbocycles. The second kappa shape index (κ2) is 7.43. The van der Waals surface area contributed by atoms with Gasteiger partial charge in [0.05, 0.1) is 12.5 Å². The second-order valence-corrected chi connectivity index (χ2v) is 7.89. The van der Waals surface area contributed by atoms with Crippen molar-refractivity contribution in [1.82, 2.24) is 9.88 Å². The van der Waals surface area contributed by atoms with Crippen LogP contribution in [-0.4, -0.2) is 61.8 Å². The van der Waals surface area contributed by atoms with Crippen LogP contribution in [0.15, 0.2) is 18.3 Å². The number of carbonyl (C=O) groups is 1. The van der Waals surface area contributed by atoms with Crippen molar-refractivity contribution in [3.63, 3.8) is 0 Å². The Morgan fingerprint density at radius 1 is 1.27 bits per heavy atom. The lowest BCUT2D eigenvalue weighted by atomic mass is 9.83. The summed E-state index contributed by atoms with van der Waals surface area (Å²) < 4.78 is 11.0. The van der Waals surface area contributed by atoms with Gasteiger partial charge in [0.1, 0.15) is 17.7 Å². The monoisotopic (exact) mass is 359 g/mol. The number of aromatic nitrogens is 1. The number of piperazine rings is 1. The molecule has 6 nitrogen and oxygen atoms in total. The van der Waals surface area contributed by atoms with Crippen molar-refractivity contribution in [2.75, 3.05) is 44.7 Å². The Labute approximate surface area is 155 Å². The van der Waals surface area contributed by atoms with Gasteiger partial charge >= 0.3 is 5.97 Å². The molecule has 0 unspecified atom stereocenters. The molecule has 3 aliphatic rings. The van der Waals surface area contributed by atoms with Gasteiger partial charge in [-0.2, -0.15) is 0 Å². The number of rotatable bonds is 5. The fourth-order valence-corrected chi connectivity index (χ4v) is 4.68. The minimum Gasteiger partial charge on any atom is -0.497 e. The molecule has 0 aromatic carbocycles. The largest absolute Gasteiger partial charge is 0.497 e. The Morgan fingerprint density at radius 3 is 2.77 bits per heavy atom. The standard InChI is InChI=1S/C20H29N3O3/c1-25-16-4-8-21-18(14-16)23-12-10-22(11-13-23)9-5-17-15-20(19(24)26-17)6-2-3-7-20/h4,8,14,17H,2-3,5-7,9-13,15H2,1H3/t17-/m0/s1. The number of hydrogen-bond donors (Lipinski definition) is 0. The summed E-state index contributed by atoms with van der Waals surface area (Å²) in [7, 11) is 1.68. The topological polar surface area (TPSA) is 54.9 Å². The zero-order valence-corrected chi connectivity index (χ0v) is 15.7. The lowest BCUT2D eigenvalue weighted by Crippen LogP contribution is -2.47. The van der Waals surface area contributed by atoms with E-state index in [0.717, 1.165) is 70.0 Å². The SMILES string of the molecule is COc1ccnc(N2CCN(CC[C@H]3CC4(CCCC4)C(=O)O3)CC2)c1. The average molecular weight is 359 g/mol. The first-order valence-corrected chi connectivity index (χ1v) is 9.87. The van der Waals surface area contributed by atoms with Crippen molar-refractivity contribution >= 4 is 11.8 Å². The van der Waals surface area contributed by atoms with Crippen molar-refractivity contribution < 1.29 is 14.3 Å². The van der Waals surface area contributed by atoms with Crippen molar-refractivity contribution in [3.8, 4) is 5.75 Å². The summed E-state index contributed by atoms with van der Waals surface area (Å²) in [5, 5.41) is 0. The minimum atomic E-state index is -0.124. The number of pyridine rings is 1. The van der Waals surface area contributed by atoms with E-state index in [1.165, 1.54) is 12.8 Å². The molecule has 0 amide bonds. The molecule has 6 heteroatoms. The van der Waals surface area contributed by atoms with Crippen LogP contribution in [0.1, 0.15) is 38.5 Å². The van der Waals surface area contributed by atoms with Crippen LogP contribution in [0, 0.1) is 5.41 Å². The fourth-order valence-electron chi connectivity index (χ4n) is 4.68. The number of esters is 1. The van der Waals surface area contributed by atoms with E-state index in [-0.39, 0.29) is 17.5 Å². The molecule has 1 aromatic heterocycles. The number of nitrogens with zero attached hydrogens (tertiary/aromatic N) is 3. The first kappa shape index (κ1) is 17.6. The van der Waals surface area contributed by atoms with Crippen LogP contribution in [0.2, 0.25) is 0 Å². The summed E-state index contributed by atoms with van der Waals surface area (Å²) in [5.74, 6) is 1.91. The molecule has 1 atom stereocenters. The molecular weight excluding hydrogens is 330 g/mol. The maximum Gasteiger partial charge on any atom is 0.312 e. The molecule has 1 aliphatic carbocycles. The minimum absolute atomic E-state index is 0.0777. The van der Waals surface area contributed by atoms with E-state index in [2.05, 4.69) is 14.8 Å². The Morgan fingerprint density at radius 2 is 2.04 bits per heavy atom. The summed E-state index contributed by atoms with van der Waals surface area (Å²) in [4.78, 5) is 21.5. The maximum atomic E-state index is 12.3. The van der Waals surface area contributed by atoms with Gasteiger partial charge in [-0.25, -0.2) is 4.98 Å². The van der Waals surface area contributed by atoms with Gasteiger partial charge in [-0.1, -0.05) is 12.8 Å². The number of hydrogen-bond acceptors (Lipinski definition) is 6. The molecule has 0 radical (unpaired) electrons. The number of ether oxygens (including phenoxy) is 2. The highest BCUT2D eigenvalue weighted by molar-refractivity contribution is 5.79. The van der Waals surface area contributed by atoms with E-state index in [0.29, 0.717) is 0 Å². The Kier molecular flexibility index (Phi) is 5.02. The van der Waals surface area contributed by atoms with Gasteiger partial charge in [0.25, 0.3) is 0 Å². The first-order valence-electron chi connectivity index (χ1n) is 9.87. The lowest BCUT2D eigenvalue weighted by Gasteiger charge is -2.35. The Balaban J connectivity index is 1.24. The van der Waals surface area contributed by atoms with Gasteiger partial charge < -0.3 is 14.4 Å². The predicted molar refractivity (Wildman–Crippen MR) is 99.5 cm³/mol. The van der Waals surface area contributed by atoms with Gasteiger partial charge in [-0.3, -0.25) is 9.69 Å². The quantitative estimate of drug-likeness (QED) is 0.753. The third-order valence-corrected chi connectivity index (χ3v) is 6.30. The number of carbonyl (C=O) groups excluding carboxylic acids is 1. The van der Waals surface area contributed by atoms with E-state index in [1.807, 2.05) is 12.1 Å². The smallest absolute Gasteiger partial charge is 0.312 e. The van der Waals surface area contributed by atoms with Crippen LogP contribution < -0.4 is 9.64 Å². The highest BCUT2D eigenvalue weighted by atomic mass is 16.6. The number of anilines is 1. The highest BCUT2D eigenvalue weighted by Crippen LogP contribution is 2.48. The van der Waals surface area contributed by atoms with Crippen LogP contribution in [0.4, 0.5) is 5.82 Å². The van der Waals surface area contributed by atoms with E-state index >= 15 is 0 Å². The van der Waals surface area contributed by atoms with Crippen LogP contribution in [0.3, 0.4) is 0 Å². The average Bonchev–Trinajstić information content (AvgIpc) is 3.28. The van der Waals surface area contributed by atoms with E-state index in [4.69, 9.17) is 9.47 Å². The van der Waals surface area contributed by atoms with E-state index in [1.54, 1.807) is 13.3 Å². The number of cyclic esters (lactones) is 1. The van der Waals surface area contributed by atoms with Crippen LogP contribution >= 0.6 is 0 Å². The maximum absolute atomic E-state index is 12.3. The summed E-state index contributed by atoms with van der Waals surface area (Å²) in [6, 6.07) is 3.87. The van der Waals surface area contributed by atoms with E-state index < -0.39 is 0 Å². The van der Waals surface area contributed by atoms with Crippen LogP contribution in [-0.2, 0) is 9.53 Å². The summed E-state index contributed by atoms with van der Waals surface area (Å²) in [5.41, 5.74) is -0.124. The van der Waals surface area contributed by atoms with Gasteiger partial charge in [0.2, 0.25) is 0 Å². The third-order valence-electron chi connectivity index (χ3n) is 6.30. The molecular formula is C20H29N3O3. The fraction of sp³-hybridized carbons (Fsp3) is 0.700. The molecule has 4 rings (SSSR count). The van der Waals surface area contributed by atoms with Crippen molar-refractivity contribution in [1.29, 1.82) is 0 Å². The highest BCUT2D eigenvalue weighted by Gasteiger charge is 2.50. The predicted octanol–water partition coefficient (Wildman–Crippen LogP) is 2.48. The van der Waals surface area contributed by atoms with Gasteiger partial charge in [0.15, 0.2) is 0 Å². The Bertz CT molecular complexity index is 637. The third kappa shape index (κ3) is 3.52. The zero-order valence-electron chi connectivity index (χ0n) is 15.7. The summed E-state index contributed by atoms with van der Waals surface area (Å²) >= 11 is 0. The molecule has 26 heavy (non-hydrogen) atoms. The zero-order chi connectivity index (χ0) is 18.0. The first-order chi connectivity index (χ1) is 12.7. The van der Waals surface area contributed by atoms with Gasteiger partial charge in [-0.15, -0.1) is 0 Å². The molecule has 1 spiro atoms. The van der Waals surface area contributed by atoms with Gasteiger partial charge in [-0.05, 0) is 25.3 Å². The second-order valence-electron chi connectivity index (χ2n) is 7.89. The molecule has 2 aliphatic heterocycles. The van der Waals surface area contributed by atoms with Crippen LogP contribution in [0.25, 0.3) is 0 Å². The molecule has 3 heterocycles. The van der Waals surface area contributed by atoms with Crippen LogP contribution in [0.5, 0.6) is 5.75 Å². The van der Waals surface area contributed by atoms with Crippen molar-refractivity contribution in [2.45, 2.75) is 44.6 Å². The summed E-state index contributed by atoms with van der Waals surface area (Å²) in [6.07, 6.45) is 8.27. The van der Waals surface area contributed by atoms with Crippen molar-refractivity contribution in [2.24, 2.45) is 5.41 Å². The Hall–Kier alpha value is -1.82. The molecule has 2 saturated heterocycles. The van der Waals surface area contributed by atoms with E-state index in [9.17, 15) is 4.79 Å². The lowest BCUT2D eigenvalue weighted by molar-refractivity contribution is -0.148. The molecule has 0 bridgehead atoms. The summed E-state index contributed by atoms with van der Waals surface area (Å²) in [6.45, 7) is 4.98. The normalized spacial score (nSPS) is 25.7. The number of methoxy groups -OCH3 is 1. The van der Waals surface area contributed by atoms with Gasteiger partial charge in [0, 0.05) is 51.4 Å². The molecule has 142 valence electrons.